The van der Waals surface area contributed by atoms with Crippen LogP contribution in [0.5, 0.6) is 5.75 Å². The Morgan fingerprint density at radius 3 is 1.65 bits per heavy atom. The summed E-state index contributed by atoms with van der Waals surface area (Å²) in [5.74, 6) is 1.06. The molecule has 7 nitrogen and oxygen atoms in total. The van der Waals surface area contributed by atoms with E-state index in [1.807, 2.05) is 26.0 Å². The van der Waals surface area contributed by atoms with Crippen molar-refractivity contribution in [3.63, 3.8) is 0 Å². The Hall–Kier alpha value is -0.680. The van der Waals surface area contributed by atoms with Gasteiger partial charge in [0, 0.05) is 5.56 Å². The van der Waals surface area contributed by atoms with Crippen LogP contribution in [-0.2, 0) is 46.0 Å². The van der Waals surface area contributed by atoms with E-state index in [0.29, 0.717) is 38.1 Å². The molecule has 34 heavy (non-hydrogen) atoms. The van der Waals surface area contributed by atoms with Gasteiger partial charge in [0.05, 0.1) is 45.9 Å². The average molecular weight is 521 g/mol. The normalized spacial score (nSPS) is 13.3. The second kappa shape index (κ2) is 16.1. The van der Waals surface area contributed by atoms with Crippen molar-refractivity contribution >= 4 is 15.2 Å². The van der Waals surface area contributed by atoms with E-state index in [1.165, 1.54) is 0 Å². The molecule has 0 fully saturated rings. The highest BCUT2D eigenvalue weighted by molar-refractivity contribution is 7.53. The quantitative estimate of drug-likeness (QED) is 0.171. The minimum atomic E-state index is -3.32. The minimum Gasteiger partial charge on any atom is -0.496 e. The standard InChI is InChI=1S/C25H46O7P2/c1-8-14-15-21(9-2)16-22-17-24(20-34(27,31-12-5)32-13-6)25(28-7)18-23(22)19-33(26,29-10-3)30-11-4/h17-18,21H,8-16,19-20H2,1-7H3. The highest BCUT2D eigenvalue weighted by Crippen LogP contribution is 2.55. The second-order valence-corrected chi connectivity index (χ2v) is 12.4. The van der Waals surface area contributed by atoms with E-state index in [9.17, 15) is 9.13 Å². The first-order valence-electron chi connectivity index (χ1n) is 12.7. The molecule has 0 bridgehead atoms. The molecule has 0 aliphatic carbocycles. The number of benzene rings is 1. The van der Waals surface area contributed by atoms with Crippen LogP contribution in [0.25, 0.3) is 0 Å². The maximum atomic E-state index is 13.4. The van der Waals surface area contributed by atoms with Crippen LogP contribution in [0.3, 0.4) is 0 Å². The van der Waals surface area contributed by atoms with Crippen molar-refractivity contribution in [3.05, 3.63) is 28.8 Å². The Labute approximate surface area is 207 Å². The van der Waals surface area contributed by atoms with Crippen molar-refractivity contribution in [2.24, 2.45) is 5.92 Å². The van der Waals surface area contributed by atoms with Gasteiger partial charge in [-0.1, -0.05) is 45.6 Å². The summed E-state index contributed by atoms with van der Waals surface area (Å²) in [6, 6.07) is 3.92. The highest BCUT2D eigenvalue weighted by Gasteiger charge is 2.30. The third kappa shape index (κ3) is 10.1. The molecule has 0 aliphatic rings. The van der Waals surface area contributed by atoms with Crippen molar-refractivity contribution < 1.29 is 32.0 Å². The average Bonchev–Trinajstić information content (AvgIpc) is 2.78. The van der Waals surface area contributed by atoms with E-state index < -0.39 is 15.2 Å². The van der Waals surface area contributed by atoms with Crippen LogP contribution < -0.4 is 4.74 Å². The number of rotatable bonds is 19. The molecule has 0 heterocycles. The minimum absolute atomic E-state index is 0.117. The molecule has 0 aliphatic heterocycles. The molecule has 1 atom stereocenters. The number of hydrogen-bond donors (Lipinski definition) is 0. The van der Waals surface area contributed by atoms with E-state index in [1.54, 1.807) is 21.0 Å². The summed E-state index contributed by atoms with van der Waals surface area (Å²) in [5, 5.41) is 0. The Morgan fingerprint density at radius 2 is 1.24 bits per heavy atom. The van der Waals surface area contributed by atoms with Crippen LogP contribution in [0, 0.1) is 5.92 Å². The van der Waals surface area contributed by atoms with E-state index in [0.717, 1.165) is 48.8 Å². The molecule has 1 aromatic rings. The summed E-state index contributed by atoms with van der Waals surface area (Å²) in [6.07, 6.45) is 5.59. The van der Waals surface area contributed by atoms with Crippen molar-refractivity contribution in [1.29, 1.82) is 0 Å². The monoisotopic (exact) mass is 520 g/mol. The van der Waals surface area contributed by atoms with Gasteiger partial charge < -0.3 is 22.8 Å². The van der Waals surface area contributed by atoms with Gasteiger partial charge in [-0.25, -0.2) is 0 Å². The van der Waals surface area contributed by atoms with Gasteiger partial charge in [-0.05, 0) is 57.2 Å². The maximum Gasteiger partial charge on any atom is 0.335 e. The molecule has 0 radical (unpaired) electrons. The molecule has 1 unspecified atom stereocenters. The van der Waals surface area contributed by atoms with Gasteiger partial charge >= 0.3 is 15.2 Å². The molecule has 0 saturated carbocycles. The van der Waals surface area contributed by atoms with E-state index in [-0.39, 0.29) is 12.3 Å². The number of methoxy groups -OCH3 is 1. The van der Waals surface area contributed by atoms with Crippen molar-refractivity contribution in [2.45, 2.75) is 86.0 Å². The summed E-state index contributed by atoms with van der Waals surface area (Å²) in [6.45, 7) is 12.8. The Bertz CT molecular complexity index is 793. The van der Waals surface area contributed by atoms with Crippen LogP contribution in [0.4, 0.5) is 0 Å². The summed E-state index contributed by atoms with van der Waals surface area (Å²) < 4.78 is 54.6. The molecular weight excluding hydrogens is 474 g/mol. The maximum absolute atomic E-state index is 13.4. The van der Waals surface area contributed by atoms with Gasteiger partial charge in [0.2, 0.25) is 0 Å². The van der Waals surface area contributed by atoms with Crippen LogP contribution in [-0.4, -0.2) is 33.5 Å². The molecule has 0 saturated heterocycles. The second-order valence-electron chi connectivity index (χ2n) is 8.26. The molecule has 1 rings (SSSR count). The fourth-order valence-electron chi connectivity index (χ4n) is 4.08. The predicted molar refractivity (Wildman–Crippen MR) is 139 cm³/mol. The van der Waals surface area contributed by atoms with Crippen molar-refractivity contribution in [1.82, 2.24) is 0 Å². The summed E-state index contributed by atoms with van der Waals surface area (Å²) in [5.41, 5.74) is 2.70. The SMILES string of the molecule is CCCCC(CC)Cc1cc(CP(=O)(OCC)OCC)c(OC)cc1CP(=O)(OCC)OCC. The van der Waals surface area contributed by atoms with E-state index in [2.05, 4.69) is 13.8 Å². The van der Waals surface area contributed by atoms with E-state index >= 15 is 0 Å². The fraction of sp³-hybridized carbons (Fsp3) is 0.760. The first-order chi connectivity index (χ1) is 16.2. The molecule has 0 amide bonds. The Kier molecular flexibility index (Phi) is 14.9. The van der Waals surface area contributed by atoms with Crippen molar-refractivity contribution in [2.75, 3.05) is 33.5 Å². The molecule has 0 spiro atoms. The molecule has 0 aromatic heterocycles. The van der Waals surface area contributed by atoms with Crippen LogP contribution in [0.1, 0.15) is 83.9 Å². The van der Waals surface area contributed by atoms with Gasteiger partial charge in [0.15, 0.2) is 0 Å². The third-order valence-electron chi connectivity index (χ3n) is 5.69. The Morgan fingerprint density at radius 1 is 0.735 bits per heavy atom. The van der Waals surface area contributed by atoms with Gasteiger partial charge in [-0.3, -0.25) is 9.13 Å². The molecule has 198 valence electrons. The lowest BCUT2D eigenvalue weighted by molar-refractivity contribution is 0.217. The number of hydrogen-bond acceptors (Lipinski definition) is 7. The predicted octanol–water partition coefficient (Wildman–Crippen LogP) is 7.99. The third-order valence-corrected chi connectivity index (χ3v) is 9.75. The molecule has 0 N–H and O–H groups in total. The molecule has 1 aromatic carbocycles. The van der Waals surface area contributed by atoms with Gasteiger partial charge in [0.1, 0.15) is 5.75 Å². The molecular formula is C25H46O7P2. The summed E-state index contributed by atoms with van der Waals surface area (Å²) in [4.78, 5) is 0. The summed E-state index contributed by atoms with van der Waals surface area (Å²) in [7, 11) is -5.05. The first kappa shape index (κ1) is 31.4. The van der Waals surface area contributed by atoms with Crippen LogP contribution in [0.15, 0.2) is 12.1 Å². The number of unbranched alkanes of at least 4 members (excludes halogenated alkanes) is 1. The smallest absolute Gasteiger partial charge is 0.335 e. The lowest BCUT2D eigenvalue weighted by Gasteiger charge is -2.24. The van der Waals surface area contributed by atoms with Crippen LogP contribution in [0.2, 0.25) is 0 Å². The van der Waals surface area contributed by atoms with Gasteiger partial charge in [-0.15, -0.1) is 0 Å². The van der Waals surface area contributed by atoms with Crippen LogP contribution >= 0.6 is 15.2 Å². The van der Waals surface area contributed by atoms with Crippen molar-refractivity contribution in [3.8, 4) is 5.75 Å². The largest absolute Gasteiger partial charge is 0.496 e. The van der Waals surface area contributed by atoms with Gasteiger partial charge in [0.25, 0.3) is 0 Å². The first-order valence-corrected chi connectivity index (χ1v) is 16.1. The number of ether oxygens (including phenoxy) is 1. The lowest BCUT2D eigenvalue weighted by Crippen LogP contribution is -2.10. The van der Waals surface area contributed by atoms with Gasteiger partial charge in [-0.2, -0.15) is 0 Å². The zero-order valence-corrected chi connectivity index (χ0v) is 24.1. The topological polar surface area (TPSA) is 80.3 Å². The summed E-state index contributed by atoms with van der Waals surface area (Å²) >= 11 is 0. The highest BCUT2D eigenvalue weighted by atomic mass is 31.2. The zero-order valence-electron chi connectivity index (χ0n) is 22.3. The van der Waals surface area contributed by atoms with E-state index in [4.69, 9.17) is 22.8 Å². The fourth-order valence-corrected chi connectivity index (χ4v) is 7.55. The Balaban J connectivity index is 3.53. The lowest BCUT2D eigenvalue weighted by atomic mass is 9.89. The molecule has 9 heteroatoms. The zero-order chi connectivity index (χ0) is 25.6.